The Morgan fingerprint density at radius 3 is 2.62 bits per heavy atom. The molecule has 0 spiro atoms. The molecule has 1 N–H and O–H groups in total. The maximum Gasteiger partial charge on any atom is 0.320 e. The van der Waals surface area contributed by atoms with E-state index in [1.165, 1.54) is 0 Å². The van der Waals surface area contributed by atoms with Gasteiger partial charge >= 0.3 is 6.01 Å². The predicted octanol–water partition coefficient (Wildman–Crippen LogP) is 5.17. The molecule has 0 unspecified atom stereocenters. The summed E-state index contributed by atoms with van der Waals surface area (Å²) in [7, 11) is 0. The van der Waals surface area contributed by atoms with Crippen LogP contribution in [0.3, 0.4) is 0 Å². The molecule has 2 heterocycles. The van der Waals surface area contributed by atoms with Crippen molar-refractivity contribution >= 4 is 40.4 Å². The van der Waals surface area contributed by atoms with Gasteiger partial charge in [0.25, 0.3) is 0 Å². The third-order valence-electron chi connectivity index (χ3n) is 4.56. The van der Waals surface area contributed by atoms with E-state index in [1.54, 1.807) is 12.4 Å². The molecule has 168 valence electrons. The minimum atomic E-state index is 0.336. The Morgan fingerprint density at radius 2 is 1.91 bits per heavy atom. The zero-order valence-electron chi connectivity index (χ0n) is 18.5. The highest BCUT2D eigenvalue weighted by atomic mass is 127. The number of benzene rings is 1. The van der Waals surface area contributed by atoms with Crippen LogP contribution in [-0.2, 0) is 6.42 Å². The molecule has 0 atom stereocenters. The van der Waals surface area contributed by atoms with Gasteiger partial charge in [0.15, 0.2) is 5.82 Å². The van der Waals surface area contributed by atoms with Crippen molar-refractivity contribution in [1.82, 2.24) is 15.0 Å². The van der Waals surface area contributed by atoms with Gasteiger partial charge in [-0.2, -0.15) is 15.1 Å². The molecule has 0 radical (unpaired) electrons. The first-order valence-corrected chi connectivity index (χ1v) is 12.0. The Hall–Kier alpha value is -2.75. The number of hydrogen-bond acceptors (Lipinski definition) is 7. The number of pyridine rings is 1. The fourth-order valence-corrected chi connectivity index (χ4v) is 3.70. The Balaban J connectivity index is 1.75. The van der Waals surface area contributed by atoms with Gasteiger partial charge in [-0.15, -0.1) is 0 Å². The standard InChI is InChI=1S/C24H29IN6O/c1-3-13-31(14-4-2)23-17-22(30-27-18-19-8-7-9-20(25)16-19)28-24(29-23)32-15-11-21-10-5-6-12-26-21/h5-10,12,16-18H,3-4,11,13-15H2,1-2H3,(H,28,29,30)/b27-18+. The molecule has 0 aliphatic rings. The van der Waals surface area contributed by atoms with Gasteiger partial charge in [-0.25, -0.2) is 0 Å². The lowest BCUT2D eigenvalue weighted by Gasteiger charge is -2.23. The highest BCUT2D eigenvalue weighted by molar-refractivity contribution is 14.1. The van der Waals surface area contributed by atoms with Gasteiger partial charge in [0.2, 0.25) is 0 Å². The van der Waals surface area contributed by atoms with E-state index in [0.29, 0.717) is 24.9 Å². The summed E-state index contributed by atoms with van der Waals surface area (Å²) in [4.78, 5) is 15.8. The Kier molecular flexibility index (Phi) is 9.67. The van der Waals surface area contributed by atoms with Gasteiger partial charge in [0.05, 0.1) is 12.8 Å². The monoisotopic (exact) mass is 544 g/mol. The van der Waals surface area contributed by atoms with E-state index in [9.17, 15) is 0 Å². The molecule has 0 aliphatic heterocycles. The van der Waals surface area contributed by atoms with Crippen molar-refractivity contribution in [3.05, 3.63) is 69.6 Å². The van der Waals surface area contributed by atoms with Crippen LogP contribution in [0.5, 0.6) is 6.01 Å². The molecule has 2 aromatic heterocycles. The molecular formula is C24H29IN6O. The highest BCUT2D eigenvalue weighted by Gasteiger charge is 2.12. The topological polar surface area (TPSA) is 75.5 Å². The molecule has 0 aliphatic carbocycles. The van der Waals surface area contributed by atoms with E-state index in [1.807, 2.05) is 42.5 Å². The van der Waals surface area contributed by atoms with Crippen LogP contribution in [0.4, 0.5) is 11.6 Å². The SMILES string of the molecule is CCCN(CCC)c1cc(N/N=C/c2cccc(I)c2)nc(OCCc2ccccn2)n1. The van der Waals surface area contributed by atoms with Crippen molar-refractivity contribution in [2.24, 2.45) is 5.10 Å². The van der Waals surface area contributed by atoms with Gasteiger partial charge < -0.3 is 9.64 Å². The lowest BCUT2D eigenvalue weighted by Crippen LogP contribution is -2.26. The molecule has 0 fully saturated rings. The summed E-state index contributed by atoms with van der Waals surface area (Å²) in [5, 5.41) is 4.36. The zero-order chi connectivity index (χ0) is 22.6. The first kappa shape index (κ1) is 23.9. The van der Waals surface area contributed by atoms with Crippen LogP contribution in [0.25, 0.3) is 0 Å². The first-order chi connectivity index (χ1) is 15.7. The Bertz CT molecular complexity index is 993. The molecule has 0 amide bonds. The number of anilines is 2. The molecule has 3 aromatic rings. The Labute approximate surface area is 203 Å². The molecule has 7 nitrogen and oxygen atoms in total. The van der Waals surface area contributed by atoms with Crippen molar-refractivity contribution in [2.45, 2.75) is 33.1 Å². The summed E-state index contributed by atoms with van der Waals surface area (Å²) < 4.78 is 7.06. The normalized spacial score (nSPS) is 11.0. The van der Waals surface area contributed by atoms with Crippen molar-refractivity contribution in [3.63, 3.8) is 0 Å². The summed E-state index contributed by atoms with van der Waals surface area (Å²) in [6.07, 6.45) is 6.32. The predicted molar refractivity (Wildman–Crippen MR) is 139 cm³/mol. The lowest BCUT2D eigenvalue weighted by atomic mass is 10.2. The molecule has 0 saturated heterocycles. The molecule has 1 aromatic carbocycles. The minimum absolute atomic E-state index is 0.336. The number of hydrogen-bond donors (Lipinski definition) is 1. The molecule has 3 rings (SSSR count). The maximum atomic E-state index is 5.90. The average molecular weight is 544 g/mol. The highest BCUT2D eigenvalue weighted by Crippen LogP contribution is 2.20. The Morgan fingerprint density at radius 1 is 1.06 bits per heavy atom. The number of ether oxygens (including phenoxy) is 1. The van der Waals surface area contributed by atoms with Crippen LogP contribution in [-0.4, -0.2) is 40.9 Å². The zero-order valence-corrected chi connectivity index (χ0v) is 20.7. The van der Waals surface area contributed by atoms with Crippen molar-refractivity contribution in [3.8, 4) is 6.01 Å². The number of rotatable bonds is 12. The van der Waals surface area contributed by atoms with Crippen LogP contribution in [0.15, 0.2) is 59.8 Å². The van der Waals surface area contributed by atoms with Crippen LogP contribution in [0, 0.1) is 3.57 Å². The quantitative estimate of drug-likeness (QED) is 0.193. The molecule has 0 saturated carbocycles. The molecule has 32 heavy (non-hydrogen) atoms. The third kappa shape index (κ3) is 7.74. The van der Waals surface area contributed by atoms with Crippen LogP contribution >= 0.6 is 22.6 Å². The second-order valence-electron chi connectivity index (χ2n) is 7.23. The van der Waals surface area contributed by atoms with E-state index in [2.05, 4.69) is 72.9 Å². The minimum Gasteiger partial charge on any atom is -0.463 e. The second kappa shape index (κ2) is 12.9. The first-order valence-electron chi connectivity index (χ1n) is 10.9. The molecule has 0 bridgehead atoms. The summed E-state index contributed by atoms with van der Waals surface area (Å²) in [5.41, 5.74) is 5.03. The van der Waals surface area contributed by atoms with Crippen molar-refractivity contribution in [1.29, 1.82) is 0 Å². The van der Waals surface area contributed by atoms with E-state index in [0.717, 1.165) is 46.6 Å². The number of nitrogens with one attached hydrogen (secondary N) is 1. The summed E-state index contributed by atoms with van der Waals surface area (Å²) in [6, 6.07) is 16.2. The van der Waals surface area contributed by atoms with Gasteiger partial charge in [-0.3, -0.25) is 10.4 Å². The maximum absolute atomic E-state index is 5.90. The van der Waals surface area contributed by atoms with Gasteiger partial charge in [-0.1, -0.05) is 32.0 Å². The van der Waals surface area contributed by atoms with Gasteiger partial charge in [0, 0.05) is 41.0 Å². The van der Waals surface area contributed by atoms with E-state index in [-0.39, 0.29) is 0 Å². The smallest absolute Gasteiger partial charge is 0.320 e. The largest absolute Gasteiger partial charge is 0.463 e. The van der Waals surface area contributed by atoms with Gasteiger partial charge in [0.1, 0.15) is 5.82 Å². The van der Waals surface area contributed by atoms with Gasteiger partial charge in [-0.05, 0) is 65.3 Å². The summed E-state index contributed by atoms with van der Waals surface area (Å²) >= 11 is 2.29. The fraction of sp³-hybridized carbons (Fsp3) is 0.333. The van der Waals surface area contributed by atoms with Crippen LogP contribution in [0.1, 0.15) is 37.9 Å². The second-order valence-corrected chi connectivity index (χ2v) is 8.47. The van der Waals surface area contributed by atoms with E-state index in [4.69, 9.17) is 4.74 Å². The lowest BCUT2D eigenvalue weighted by molar-refractivity contribution is 0.295. The average Bonchev–Trinajstić information content (AvgIpc) is 2.80. The number of aromatic nitrogens is 3. The van der Waals surface area contributed by atoms with Crippen LogP contribution in [0.2, 0.25) is 0 Å². The number of halogens is 1. The summed E-state index contributed by atoms with van der Waals surface area (Å²) in [5.74, 6) is 1.44. The van der Waals surface area contributed by atoms with Crippen molar-refractivity contribution < 1.29 is 4.74 Å². The number of hydrazone groups is 1. The number of nitrogens with zero attached hydrogens (tertiary/aromatic N) is 5. The van der Waals surface area contributed by atoms with E-state index < -0.39 is 0 Å². The van der Waals surface area contributed by atoms with Crippen LogP contribution < -0.4 is 15.1 Å². The van der Waals surface area contributed by atoms with Crippen molar-refractivity contribution in [2.75, 3.05) is 30.0 Å². The molecule has 8 heteroatoms. The van der Waals surface area contributed by atoms with E-state index >= 15 is 0 Å². The third-order valence-corrected chi connectivity index (χ3v) is 5.23. The molecular weight excluding hydrogens is 515 g/mol. The summed E-state index contributed by atoms with van der Waals surface area (Å²) in [6.45, 7) is 6.62. The fourth-order valence-electron chi connectivity index (χ4n) is 3.13.